The number of H-pyrrole nitrogens is 1. The summed E-state index contributed by atoms with van der Waals surface area (Å²) in [7, 11) is -3.72. The topological polar surface area (TPSA) is 98.4 Å². The zero-order valence-electron chi connectivity index (χ0n) is 19.0. The van der Waals surface area contributed by atoms with E-state index in [1.165, 1.54) is 28.6 Å². The molecule has 2 aromatic carbocycles. The Morgan fingerprint density at radius 2 is 1.85 bits per heavy atom. The van der Waals surface area contributed by atoms with Gasteiger partial charge < -0.3 is 15.2 Å². The lowest BCUT2D eigenvalue weighted by molar-refractivity contribution is 0.102. The van der Waals surface area contributed by atoms with Gasteiger partial charge in [-0.25, -0.2) is 22.2 Å². The van der Waals surface area contributed by atoms with Gasteiger partial charge in [-0.2, -0.15) is 4.31 Å². The fraction of sp³-hybridized carbons (Fsp3) is 0.391. The molecule has 1 aliphatic heterocycles. The molecule has 0 spiro atoms. The first-order chi connectivity index (χ1) is 16.2. The number of benzene rings is 2. The quantitative estimate of drug-likeness (QED) is 0.487. The number of fused-ring (bicyclic) bond motifs is 1. The Labute approximate surface area is 197 Å². The zero-order chi connectivity index (χ0) is 24.5. The van der Waals surface area contributed by atoms with Crippen molar-refractivity contribution in [2.75, 3.05) is 36.4 Å². The number of carbonyl (C=O) groups excluding carboxylic acids is 1. The molecule has 0 unspecified atom stereocenters. The van der Waals surface area contributed by atoms with E-state index in [0.717, 1.165) is 31.6 Å². The van der Waals surface area contributed by atoms with Crippen LogP contribution in [0.1, 0.15) is 49.3 Å². The Balaban J connectivity index is 1.70. The fourth-order valence-corrected chi connectivity index (χ4v) is 5.68. The van der Waals surface area contributed by atoms with Crippen LogP contribution in [-0.4, -0.2) is 54.8 Å². The van der Waals surface area contributed by atoms with Gasteiger partial charge in [0.25, 0.3) is 12.3 Å². The molecule has 2 heterocycles. The average Bonchev–Trinajstić information content (AvgIpc) is 3.49. The average molecular weight is 492 g/mol. The number of nitrogens with zero attached hydrogens (tertiary/aromatic N) is 3. The van der Waals surface area contributed by atoms with Crippen LogP contribution in [0.15, 0.2) is 41.3 Å². The van der Waals surface area contributed by atoms with Gasteiger partial charge in [-0.15, -0.1) is 0 Å². The molecule has 1 aromatic heterocycles. The number of sulfonamides is 1. The first-order valence-electron chi connectivity index (χ1n) is 11.2. The molecule has 1 amide bonds. The lowest BCUT2D eigenvalue weighted by Gasteiger charge is -2.24. The molecule has 1 saturated heterocycles. The molecular formula is C23H27F2N5O3S. The molecule has 8 nitrogen and oxygen atoms in total. The van der Waals surface area contributed by atoms with Gasteiger partial charge in [-0.05, 0) is 49.2 Å². The number of hydrogen-bond acceptors (Lipinski definition) is 5. The monoisotopic (exact) mass is 491 g/mol. The van der Waals surface area contributed by atoms with Gasteiger partial charge in [-0.3, -0.25) is 4.79 Å². The van der Waals surface area contributed by atoms with E-state index in [1.54, 1.807) is 26.0 Å². The van der Waals surface area contributed by atoms with Crippen molar-refractivity contribution >= 4 is 38.3 Å². The minimum Gasteiger partial charge on any atom is -0.370 e. The number of aromatic amines is 1. The molecule has 3 aromatic rings. The van der Waals surface area contributed by atoms with Crippen molar-refractivity contribution in [2.45, 2.75) is 38.0 Å². The molecule has 0 bridgehead atoms. The largest absolute Gasteiger partial charge is 0.370 e. The minimum atomic E-state index is -3.72. The summed E-state index contributed by atoms with van der Waals surface area (Å²) >= 11 is 0. The zero-order valence-corrected chi connectivity index (χ0v) is 19.8. The summed E-state index contributed by atoms with van der Waals surface area (Å²) in [5.41, 5.74) is 2.02. The maximum absolute atomic E-state index is 13.1. The van der Waals surface area contributed by atoms with E-state index in [0.29, 0.717) is 29.8 Å². The second-order valence-corrected chi connectivity index (χ2v) is 10.0. The van der Waals surface area contributed by atoms with Crippen LogP contribution in [0.4, 0.5) is 20.2 Å². The fourth-order valence-electron chi connectivity index (χ4n) is 4.19. The summed E-state index contributed by atoms with van der Waals surface area (Å²) < 4.78 is 53.4. The molecule has 1 aliphatic rings. The van der Waals surface area contributed by atoms with Crippen LogP contribution in [-0.2, 0) is 10.0 Å². The van der Waals surface area contributed by atoms with E-state index in [9.17, 15) is 22.0 Å². The van der Waals surface area contributed by atoms with Gasteiger partial charge in [0.05, 0.1) is 27.3 Å². The predicted molar refractivity (Wildman–Crippen MR) is 127 cm³/mol. The number of anilines is 2. The Kier molecular flexibility index (Phi) is 6.85. The molecule has 182 valence electrons. The van der Waals surface area contributed by atoms with Crippen molar-refractivity contribution in [3.8, 4) is 0 Å². The number of rotatable bonds is 8. The van der Waals surface area contributed by atoms with Gasteiger partial charge in [0.1, 0.15) is 0 Å². The van der Waals surface area contributed by atoms with Gasteiger partial charge >= 0.3 is 0 Å². The van der Waals surface area contributed by atoms with Gasteiger partial charge in [0.2, 0.25) is 10.0 Å². The second kappa shape index (κ2) is 9.67. The maximum atomic E-state index is 13.1. The molecule has 0 radical (unpaired) electrons. The molecule has 1 fully saturated rings. The maximum Gasteiger partial charge on any atom is 0.295 e. The Morgan fingerprint density at radius 1 is 1.15 bits per heavy atom. The number of amides is 1. The van der Waals surface area contributed by atoms with Crippen molar-refractivity contribution in [3.63, 3.8) is 0 Å². The summed E-state index contributed by atoms with van der Waals surface area (Å²) in [5, 5.41) is 2.84. The van der Waals surface area contributed by atoms with E-state index >= 15 is 0 Å². The minimum absolute atomic E-state index is 0.0973. The van der Waals surface area contributed by atoms with Gasteiger partial charge in [0.15, 0.2) is 5.82 Å². The number of carbonyl (C=O) groups is 1. The summed E-state index contributed by atoms with van der Waals surface area (Å²) in [6, 6.07) is 9.23. The van der Waals surface area contributed by atoms with Crippen LogP contribution >= 0.6 is 0 Å². The smallest absolute Gasteiger partial charge is 0.295 e. The highest BCUT2D eigenvalue weighted by atomic mass is 32.2. The van der Waals surface area contributed by atoms with Crippen LogP contribution in [0.25, 0.3) is 11.0 Å². The van der Waals surface area contributed by atoms with Crippen molar-refractivity contribution in [1.29, 1.82) is 0 Å². The first kappa shape index (κ1) is 24.1. The summed E-state index contributed by atoms with van der Waals surface area (Å²) in [5.74, 6) is -0.939. The highest BCUT2D eigenvalue weighted by Gasteiger charge is 2.25. The van der Waals surface area contributed by atoms with Crippen LogP contribution < -0.4 is 10.2 Å². The predicted octanol–water partition coefficient (Wildman–Crippen LogP) is 4.38. The Hall–Kier alpha value is -3.05. The third-order valence-electron chi connectivity index (χ3n) is 5.98. The lowest BCUT2D eigenvalue weighted by atomic mass is 10.1. The number of hydrogen-bond donors (Lipinski definition) is 2. The number of aromatic nitrogens is 2. The van der Waals surface area contributed by atoms with Crippen molar-refractivity contribution in [3.05, 3.63) is 47.8 Å². The molecule has 34 heavy (non-hydrogen) atoms. The molecule has 0 atom stereocenters. The summed E-state index contributed by atoms with van der Waals surface area (Å²) in [6.45, 7) is 5.82. The van der Waals surface area contributed by atoms with E-state index in [-0.39, 0.29) is 10.5 Å². The molecule has 0 aliphatic carbocycles. The third kappa shape index (κ3) is 4.62. The van der Waals surface area contributed by atoms with E-state index < -0.39 is 28.2 Å². The molecular weight excluding hydrogens is 464 g/mol. The Bertz CT molecular complexity index is 1300. The molecule has 2 N–H and O–H groups in total. The Morgan fingerprint density at radius 3 is 2.50 bits per heavy atom. The third-order valence-corrected chi connectivity index (χ3v) is 8.02. The molecule has 4 rings (SSSR count). The van der Waals surface area contributed by atoms with Crippen molar-refractivity contribution in [1.82, 2.24) is 14.3 Å². The number of imidazole rings is 1. The van der Waals surface area contributed by atoms with Crippen molar-refractivity contribution in [2.24, 2.45) is 0 Å². The normalized spacial score (nSPS) is 14.5. The number of halogens is 2. The highest BCUT2D eigenvalue weighted by Crippen LogP contribution is 2.33. The van der Waals surface area contributed by atoms with Gasteiger partial charge in [-0.1, -0.05) is 13.8 Å². The number of nitrogens with one attached hydrogen (secondary N) is 2. The van der Waals surface area contributed by atoms with Crippen LogP contribution in [0.3, 0.4) is 0 Å². The van der Waals surface area contributed by atoms with E-state index in [2.05, 4.69) is 20.2 Å². The van der Waals surface area contributed by atoms with Gasteiger partial charge in [0, 0.05) is 31.7 Å². The standard InChI is InChI=1S/C23H27F2N5O3S/c1-3-30(4-2)34(32,33)16-8-10-20(29-11-5-6-12-29)19(14-16)28-23(31)15-7-9-17-18(13-15)27-22(26-17)21(24)25/h7-10,13-14,21H,3-6,11-12H2,1-2H3,(H,26,27)(H,28,31). The van der Waals surface area contributed by atoms with Crippen molar-refractivity contribution < 1.29 is 22.0 Å². The lowest BCUT2D eigenvalue weighted by Crippen LogP contribution is -2.31. The van der Waals surface area contributed by atoms with Crippen LogP contribution in [0.2, 0.25) is 0 Å². The number of alkyl halides is 2. The summed E-state index contributed by atoms with van der Waals surface area (Å²) in [6.07, 6.45) is -0.728. The highest BCUT2D eigenvalue weighted by molar-refractivity contribution is 7.89. The van der Waals surface area contributed by atoms with Crippen LogP contribution in [0.5, 0.6) is 0 Å². The van der Waals surface area contributed by atoms with E-state index in [1.807, 2.05) is 0 Å². The van der Waals surface area contributed by atoms with E-state index in [4.69, 9.17) is 0 Å². The molecule has 11 heteroatoms. The SMILES string of the molecule is CCN(CC)S(=O)(=O)c1ccc(N2CCCC2)c(NC(=O)c2ccc3nc(C(F)F)[nH]c3c2)c1. The summed E-state index contributed by atoms with van der Waals surface area (Å²) in [4.78, 5) is 21.7. The second-order valence-electron chi connectivity index (χ2n) is 8.07. The molecule has 0 saturated carbocycles. The van der Waals surface area contributed by atoms with Crippen LogP contribution in [0, 0.1) is 0 Å². The first-order valence-corrected chi connectivity index (χ1v) is 12.7.